The Labute approximate surface area is 133 Å². The summed E-state index contributed by atoms with van der Waals surface area (Å²) in [4.78, 5) is 0. The van der Waals surface area contributed by atoms with Crippen LogP contribution in [0, 0.1) is 0 Å². The summed E-state index contributed by atoms with van der Waals surface area (Å²) in [5.74, 6) is -0.141. The van der Waals surface area contributed by atoms with E-state index in [4.69, 9.17) is 0 Å². The number of phenols is 2. The van der Waals surface area contributed by atoms with Crippen molar-refractivity contribution in [2.75, 3.05) is 0 Å². The third kappa shape index (κ3) is 2.96. The van der Waals surface area contributed by atoms with E-state index in [9.17, 15) is 10.2 Å². The summed E-state index contributed by atoms with van der Waals surface area (Å²) in [7, 11) is 0. The highest BCUT2D eigenvalue weighted by molar-refractivity contribution is 5.77. The van der Waals surface area contributed by atoms with E-state index in [1.165, 1.54) is 17.2 Å². The molecule has 2 aromatic carbocycles. The molecule has 0 aliphatic rings. The van der Waals surface area contributed by atoms with Crippen LogP contribution in [0.5, 0.6) is 11.5 Å². The maximum atomic E-state index is 10.3. The number of hydrogen-bond acceptors (Lipinski definition) is 2. The minimum absolute atomic E-state index is 0.00503. The average Bonchev–Trinajstić information content (AvgIpc) is 2.39. The normalized spacial score (nSPS) is 12.5. The number of hydrogen-bond donors (Lipinski definition) is 2. The van der Waals surface area contributed by atoms with Crippen LogP contribution in [0.1, 0.15) is 52.7 Å². The summed E-state index contributed by atoms with van der Waals surface area (Å²) in [5.41, 5.74) is 4.07. The third-order valence-corrected chi connectivity index (χ3v) is 3.93. The summed E-state index contributed by atoms with van der Waals surface area (Å²) in [6.07, 6.45) is 0. The van der Waals surface area contributed by atoms with Gasteiger partial charge >= 0.3 is 0 Å². The number of rotatable bonds is 1. The molecule has 0 aliphatic carbocycles. The Morgan fingerprint density at radius 2 is 1.23 bits per heavy atom. The maximum absolute atomic E-state index is 10.3. The van der Waals surface area contributed by atoms with Crippen molar-refractivity contribution in [2.24, 2.45) is 0 Å². The zero-order valence-corrected chi connectivity index (χ0v) is 14.4. The molecule has 0 saturated heterocycles. The van der Waals surface area contributed by atoms with Crippen molar-refractivity contribution in [1.82, 2.24) is 0 Å². The van der Waals surface area contributed by atoms with Crippen molar-refractivity contribution in [2.45, 2.75) is 52.4 Å². The lowest BCUT2D eigenvalue weighted by atomic mass is 9.72. The van der Waals surface area contributed by atoms with Crippen LogP contribution < -0.4 is 0 Å². The molecule has 0 heterocycles. The van der Waals surface area contributed by atoms with Crippen molar-refractivity contribution >= 4 is 0 Å². The fraction of sp³-hybridized carbons (Fsp3) is 0.400. The molecule has 2 nitrogen and oxygen atoms in total. The molecule has 0 spiro atoms. The van der Waals surface area contributed by atoms with Crippen LogP contribution in [0.15, 0.2) is 36.4 Å². The van der Waals surface area contributed by atoms with Gasteiger partial charge in [-0.1, -0.05) is 71.9 Å². The van der Waals surface area contributed by atoms with Gasteiger partial charge < -0.3 is 10.2 Å². The second-order valence-electron chi connectivity index (χ2n) is 7.90. The third-order valence-electron chi connectivity index (χ3n) is 3.93. The van der Waals surface area contributed by atoms with Gasteiger partial charge in [0, 0.05) is 5.56 Å². The number of para-hydroxylation sites is 1. The molecule has 0 atom stereocenters. The van der Waals surface area contributed by atoms with Crippen LogP contribution in [0.25, 0.3) is 11.1 Å². The number of aromatic hydroxyl groups is 2. The van der Waals surface area contributed by atoms with E-state index in [0.29, 0.717) is 5.56 Å². The first-order valence-electron chi connectivity index (χ1n) is 7.69. The Morgan fingerprint density at radius 3 is 1.77 bits per heavy atom. The molecule has 0 aromatic heterocycles. The highest BCUT2D eigenvalue weighted by atomic mass is 16.3. The topological polar surface area (TPSA) is 40.5 Å². The second-order valence-corrected chi connectivity index (χ2v) is 7.90. The van der Waals surface area contributed by atoms with Crippen molar-refractivity contribution < 1.29 is 10.2 Å². The molecule has 2 rings (SSSR count). The minimum Gasteiger partial charge on any atom is -0.504 e. The standard InChI is InChI=1S/C20H26O2/c1-19(2,3)15-11-7-9-13(17(15)20(4,5)6)14-10-8-12-16(21)18(14)22/h7-12,21-22H,1-6H3. The average molecular weight is 298 g/mol. The molecule has 0 amide bonds. The highest BCUT2D eigenvalue weighted by Crippen LogP contribution is 2.44. The first-order chi connectivity index (χ1) is 10.0. The Balaban J connectivity index is 2.86. The molecule has 0 unspecified atom stereocenters. The largest absolute Gasteiger partial charge is 0.504 e. The van der Waals surface area contributed by atoms with Gasteiger partial charge in [0.15, 0.2) is 11.5 Å². The molecule has 2 aromatic rings. The summed E-state index contributed by atoms with van der Waals surface area (Å²) in [5, 5.41) is 20.1. The molecule has 0 saturated carbocycles. The predicted octanol–water partition coefficient (Wildman–Crippen LogP) is 5.36. The van der Waals surface area contributed by atoms with Crippen LogP contribution in [0.2, 0.25) is 0 Å². The molecule has 22 heavy (non-hydrogen) atoms. The van der Waals surface area contributed by atoms with Gasteiger partial charge in [-0.25, -0.2) is 0 Å². The van der Waals surface area contributed by atoms with E-state index in [1.54, 1.807) is 6.07 Å². The summed E-state index contributed by atoms with van der Waals surface area (Å²) >= 11 is 0. The number of benzene rings is 2. The van der Waals surface area contributed by atoms with Gasteiger partial charge in [0.1, 0.15) is 0 Å². The number of phenolic OH excluding ortho intramolecular Hbond substituents is 2. The van der Waals surface area contributed by atoms with Gasteiger partial charge in [0.25, 0.3) is 0 Å². The van der Waals surface area contributed by atoms with Crippen LogP contribution in [-0.4, -0.2) is 10.2 Å². The first-order valence-corrected chi connectivity index (χ1v) is 7.69. The molecule has 2 N–H and O–H groups in total. The SMILES string of the molecule is CC(C)(C)c1cccc(-c2cccc(O)c2O)c1C(C)(C)C. The van der Waals surface area contributed by atoms with Gasteiger partial charge in [-0.05, 0) is 33.6 Å². The van der Waals surface area contributed by atoms with Gasteiger partial charge in [0.2, 0.25) is 0 Å². The predicted molar refractivity (Wildman–Crippen MR) is 92.6 cm³/mol. The zero-order valence-electron chi connectivity index (χ0n) is 14.4. The zero-order chi connectivity index (χ0) is 16.7. The van der Waals surface area contributed by atoms with E-state index in [0.717, 1.165) is 5.56 Å². The molecule has 0 fully saturated rings. The van der Waals surface area contributed by atoms with E-state index in [-0.39, 0.29) is 22.3 Å². The van der Waals surface area contributed by atoms with Crippen molar-refractivity contribution in [3.05, 3.63) is 47.5 Å². The Hall–Kier alpha value is -1.96. The smallest absolute Gasteiger partial charge is 0.165 e. The summed E-state index contributed by atoms with van der Waals surface area (Å²) in [6.45, 7) is 13.1. The van der Waals surface area contributed by atoms with E-state index in [2.05, 4.69) is 47.6 Å². The molecule has 0 radical (unpaired) electrons. The van der Waals surface area contributed by atoms with Gasteiger partial charge in [-0.2, -0.15) is 0 Å². The molecule has 0 aliphatic heterocycles. The summed E-state index contributed by atoms with van der Waals surface area (Å²) in [6, 6.07) is 11.3. The molecule has 0 bridgehead atoms. The van der Waals surface area contributed by atoms with Crippen molar-refractivity contribution in [3.8, 4) is 22.6 Å². The van der Waals surface area contributed by atoms with Crippen molar-refractivity contribution in [1.29, 1.82) is 0 Å². The first kappa shape index (κ1) is 16.4. The van der Waals surface area contributed by atoms with Crippen LogP contribution >= 0.6 is 0 Å². The minimum atomic E-state index is -0.0847. The molecule has 118 valence electrons. The Bertz CT molecular complexity index is 686. The van der Waals surface area contributed by atoms with Crippen LogP contribution in [0.3, 0.4) is 0 Å². The van der Waals surface area contributed by atoms with E-state index < -0.39 is 0 Å². The highest BCUT2D eigenvalue weighted by Gasteiger charge is 2.28. The van der Waals surface area contributed by atoms with Crippen molar-refractivity contribution in [3.63, 3.8) is 0 Å². The lowest BCUT2D eigenvalue weighted by Crippen LogP contribution is -2.23. The maximum Gasteiger partial charge on any atom is 0.165 e. The quantitative estimate of drug-likeness (QED) is 0.696. The monoisotopic (exact) mass is 298 g/mol. The second kappa shape index (κ2) is 5.35. The van der Waals surface area contributed by atoms with E-state index in [1.807, 2.05) is 18.2 Å². The Kier molecular flexibility index (Phi) is 3.99. The summed E-state index contributed by atoms with van der Waals surface area (Å²) < 4.78 is 0. The van der Waals surface area contributed by atoms with Crippen LogP contribution in [-0.2, 0) is 10.8 Å². The molecular weight excluding hydrogens is 272 g/mol. The van der Waals surface area contributed by atoms with Gasteiger partial charge in [0.05, 0.1) is 0 Å². The van der Waals surface area contributed by atoms with Crippen LogP contribution in [0.4, 0.5) is 0 Å². The fourth-order valence-corrected chi connectivity index (χ4v) is 2.96. The lowest BCUT2D eigenvalue weighted by Gasteiger charge is -2.32. The fourth-order valence-electron chi connectivity index (χ4n) is 2.96. The molecule has 2 heteroatoms. The Morgan fingerprint density at radius 1 is 0.682 bits per heavy atom. The van der Waals surface area contributed by atoms with E-state index >= 15 is 0 Å². The van der Waals surface area contributed by atoms with Gasteiger partial charge in [-0.3, -0.25) is 0 Å². The van der Waals surface area contributed by atoms with Gasteiger partial charge in [-0.15, -0.1) is 0 Å². The lowest BCUT2D eigenvalue weighted by molar-refractivity contribution is 0.405. The molecular formula is C20H26O2.